The van der Waals surface area contributed by atoms with Gasteiger partial charge in [0.1, 0.15) is 0 Å². The van der Waals surface area contributed by atoms with Crippen molar-refractivity contribution >= 4 is 297 Å². The van der Waals surface area contributed by atoms with Crippen molar-refractivity contribution in [3.63, 3.8) is 0 Å². The van der Waals surface area contributed by atoms with Crippen LogP contribution in [0, 0.1) is 0 Å². The standard InChI is InChI=1S/7Al.5Ca.7H2O.7O.10H/h;;;;;;;;;;;;7*1H2;;;;;;;;;;;;;;;;;/q7*+1;5*+2;;;;;;;;;;;;;;;10*-1/p-7. The molecule has 0 amide bonds. The molecule has 0 spiro atoms. The maximum absolute atomic E-state index is 8.57. The van der Waals surface area contributed by atoms with Crippen molar-refractivity contribution in [1.29, 1.82) is 0 Å². The topological polar surface area (TPSA) is 261 Å². The molecule has 0 saturated heterocycles. The van der Waals surface area contributed by atoms with Gasteiger partial charge in [0.05, 0.1) is 0 Å². The van der Waals surface area contributed by atoms with Crippen molar-refractivity contribution in [2.45, 2.75) is 0 Å². The summed E-state index contributed by atoms with van der Waals surface area (Å²) in [6.07, 6.45) is 0. The Bertz CT molecular complexity index is 180. The van der Waals surface area contributed by atoms with Crippen LogP contribution in [-0.4, -0.2) is 326 Å². The first-order valence-corrected chi connectivity index (χ1v) is 10.4. The summed E-state index contributed by atoms with van der Waals surface area (Å²) in [6, 6.07) is 0. The summed E-state index contributed by atoms with van der Waals surface area (Å²) < 4.78 is 110. The van der Waals surface area contributed by atoms with Crippen LogP contribution in [-0.2, 0) is 26.6 Å². The zero-order chi connectivity index (χ0) is 18.9. The summed E-state index contributed by atoms with van der Waals surface area (Å²) in [5.74, 6) is 0. The van der Waals surface area contributed by atoms with E-state index in [-0.39, 0.29) is 203 Å². The van der Waals surface area contributed by atoms with Crippen LogP contribution in [0.25, 0.3) is 0 Å². The summed E-state index contributed by atoms with van der Waals surface area (Å²) in [5.41, 5.74) is 0. The van der Waals surface area contributed by atoms with Gasteiger partial charge < -0.3 is 14.3 Å². The van der Waals surface area contributed by atoms with Crippen molar-refractivity contribution in [1.82, 2.24) is 0 Å². The number of hydrogen-bond acceptors (Lipinski definition) is 7. The fraction of sp³-hybridized carbons (Fsp3) is 0. The molecule has 0 fully saturated rings. The van der Waals surface area contributed by atoms with Crippen LogP contribution in [0.3, 0.4) is 0 Å². The molecule has 0 aliphatic rings. The van der Waals surface area contributed by atoms with Crippen molar-refractivity contribution in [3.05, 3.63) is 0 Å². The molecule has 0 aromatic carbocycles. The van der Waals surface area contributed by atoms with Crippen LogP contribution in [0.5, 0.6) is 0 Å². The van der Waals surface area contributed by atoms with Gasteiger partial charge in [0.15, 0.2) is 0 Å². The van der Waals surface area contributed by atoms with Crippen molar-refractivity contribution in [2.24, 2.45) is 0 Å². The minimum atomic E-state index is -1.50. The Morgan fingerprint density at radius 1 is 0.308 bits per heavy atom. The van der Waals surface area contributed by atoms with E-state index in [0.717, 1.165) is 0 Å². The first-order chi connectivity index (χ1) is 9.90. The third-order valence-electron chi connectivity index (χ3n) is 0. The van der Waals surface area contributed by atoms with Gasteiger partial charge in [-0.1, -0.05) is 0 Å². The van der Waals surface area contributed by atoms with Crippen LogP contribution < -0.4 is 0 Å². The molecule has 26 heteroatoms. The molecule has 14 nitrogen and oxygen atoms in total. The Labute approximate surface area is 358 Å². The van der Waals surface area contributed by atoms with Crippen molar-refractivity contribution in [3.8, 4) is 0 Å². The molecular formula is H17Al7Ca5O14. The van der Waals surface area contributed by atoms with Crippen LogP contribution >= 0.6 is 0 Å². The predicted molar refractivity (Wildman–Crippen MR) is 101 cm³/mol. The minimum absolute atomic E-state index is 0. The van der Waals surface area contributed by atoms with Gasteiger partial charge in [0, 0.05) is 0 Å². The SMILES string of the molecule is [Ca+2].[Ca+2].[Ca+2].[Ca+2].[Ca+2].[H-].[H-].[H-].[H-].[H-].[H-].[H-].[H-].[H-].[H-].[O]=[Al][OH].[O]=[Al][OH].[O]=[Al][OH].[O]=[Al][OH].[O]=[Al][OH].[O]=[Al][OH].[O]=[Al][OH]. The predicted octanol–water partition coefficient (Wildman–Crippen LogP) is -8.18. The summed E-state index contributed by atoms with van der Waals surface area (Å²) in [7, 11) is 0. The Balaban J connectivity index is -0.00000000297. The molecule has 0 unspecified atom stereocenters. The zero-order valence-corrected chi connectivity index (χ0v) is 32.7. The maximum atomic E-state index is 8.57. The van der Waals surface area contributed by atoms with Gasteiger partial charge in [-0.15, -0.1) is 0 Å². The van der Waals surface area contributed by atoms with Crippen LogP contribution in [0.4, 0.5) is 0 Å². The van der Waals surface area contributed by atoms with Gasteiger partial charge in [-0.2, -0.15) is 0 Å². The molecule has 0 atom stereocenters. The van der Waals surface area contributed by atoms with Gasteiger partial charge in [-0.05, 0) is 0 Å². The van der Waals surface area contributed by atoms with E-state index in [2.05, 4.69) is 0 Å². The van der Waals surface area contributed by atoms with E-state index in [4.69, 9.17) is 55.7 Å². The van der Waals surface area contributed by atoms with Gasteiger partial charge in [-0.25, -0.2) is 0 Å². The van der Waals surface area contributed by atoms with Gasteiger partial charge >= 0.3 is 353 Å². The molecule has 0 rings (SSSR count). The van der Waals surface area contributed by atoms with Gasteiger partial charge in [0.25, 0.3) is 0 Å². The molecular weight excluding hydrogens is 613 g/mol. The van der Waals surface area contributed by atoms with Gasteiger partial charge in [-0.3, -0.25) is 0 Å². The first kappa shape index (κ1) is 76.6. The second kappa shape index (κ2) is 155. The van der Waals surface area contributed by atoms with E-state index < -0.39 is 108 Å². The molecule has 0 aliphatic heterocycles. The van der Waals surface area contributed by atoms with E-state index >= 15 is 0 Å². The molecule has 0 radical (unpaired) electrons. The summed E-state index contributed by atoms with van der Waals surface area (Å²) in [5, 5.41) is 0. The molecule has 132 valence electrons. The fourth-order valence-electron chi connectivity index (χ4n) is 0. The normalized spacial score (nSPS) is 2.15. The molecule has 0 bridgehead atoms. The Morgan fingerprint density at radius 2 is 0.308 bits per heavy atom. The van der Waals surface area contributed by atoms with E-state index in [0.29, 0.717) is 0 Å². The molecule has 7 N–H and O–H groups in total. The van der Waals surface area contributed by atoms with Crippen LogP contribution in [0.1, 0.15) is 14.3 Å². The molecule has 0 aliphatic carbocycles. The quantitative estimate of drug-likeness (QED) is 0.123. The van der Waals surface area contributed by atoms with E-state index in [1.54, 1.807) is 0 Å². The third-order valence-corrected chi connectivity index (χ3v) is 0. The number of rotatable bonds is 0. The molecule has 0 saturated carbocycles. The molecule has 0 aromatic heterocycles. The Morgan fingerprint density at radius 3 is 0.308 bits per heavy atom. The number of hydrogen-bond donors (Lipinski definition) is 7. The Hall–Kier alpha value is 7.23. The van der Waals surface area contributed by atoms with Crippen molar-refractivity contribution < 1.29 is 70.0 Å². The molecule has 26 heavy (non-hydrogen) atoms. The zero-order valence-electron chi connectivity index (χ0n) is 23.6. The van der Waals surface area contributed by atoms with E-state index in [1.165, 1.54) is 0 Å². The van der Waals surface area contributed by atoms with Crippen LogP contribution in [0.15, 0.2) is 0 Å². The third kappa shape index (κ3) is 546. The second-order valence-corrected chi connectivity index (χ2v) is 2.21. The summed E-state index contributed by atoms with van der Waals surface area (Å²) in [6.45, 7) is 0. The molecule has 0 heterocycles. The second-order valence-electron chi connectivity index (χ2n) is 0.738. The average Bonchev–Trinajstić information content (AvgIpc) is 2.35. The Kier molecular flexibility index (Phi) is 457. The van der Waals surface area contributed by atoms with Crippen molar-refractivity contribution in [2.75, 3.05) is 0 Å². The average molecular weight is 630 g/mol. The molecule has 0 aromatic rings. The summed E-state index contributed by atoms with van der Waals surface area (Å²) >= 11 is -10.5. The van der Waals surface area contributed by atoms with E-state index in [1.807, 2.05) is 0 Å². The summed E-state index contributed by atoms with van der Waals surface area (Å²) in [4.78, 5) is 0. The van der Waals surface area contributed by atoms with Crippen LogP contribution in [0.2, 0.25) is 0 Å². The fourth-order valence-corrected chi connectivity index (χ4v) is 0. The first-order valence-electron chi connectivity index (χ1n) is 3.46. The van der Waals surface area contributed by atoms with E-state index in [9.17, 15) is 0 Å². The van der Waals surface area contributed by atoms with Gasteiger partial charge in [0.2, 0.25) is 0 Å². The monoisotopic (exact) mass is 630 g/mol.